The van der Waals surface area contributed by atoms with Gasteiger partial charge in [0.15, 0.2) is 5.78 Å². The molecule has 0 fully saturated rings. The number of ketones is 1. The molecule has 0 bridgehead atoms. The van der Waals surface area contributed by atoms with E-state index in [1.165, 1.54) is 16.8 Å². The molecule has 0 aromatic heterocycles. The quantitative estimate of drug-likeness (QED) is 0.289. The average molecular weight is 387 g/mol. The van der Waals surface area contributed by atoms with Crippen LogP contribution in [0.25, 0.3) is 0 Å². The van der Waals surface area contributed by atoms with E-state index < -0.39 is 0 Å². The minimum absolute atomic E-state index is 0.0745. The van der Waals surface area contributed by atoms with Gasteiger partial charge in [0, 0.05) is 35.6 Å². The molecule has 2 amide bonds. The highest BCUT2D eigenvalue weighted by molar-refractivity contribution is 7.97. The molecule has 27 heavy (non-hydrogen) atoms. The van der Waals surface area contributed by atoms with Gasteiger partial charge in [0.25, 0.3) is 11.8 Å². The van der Waals surface area contributed by atoms with Crippen molar-refractivity contribution in [2.75, 3.05) is 18.8 Å². The zero-order valence-electron chi connectivity index (χ0n) is 16.1. The van der Waals surface area contributed by atoms with Crippen LogP contribution in [-0.2, 0) is 16.0 Å². The molecule has 1 aromatic rings. The van der Waals surface area contributed by atoms with E-state index in [0.29, 0.717) is 24.2 Å². The summed E-state index contributed by atoms with van der Waals surface area (Å²) in [7, 11) is 0. The average Bonchev–Trinajstić information content (AvgIpc) is 2.86. The molecule has 144 valence electrons. The van der Waals surface area contributed by atoms with Crippen molar-refractivity contribution in [3.63, 3.8) is 0 Å². The predicted molar refractivity (Wildman–Crippen MR) is 109 cm³/mol. The second kappa shape index (κ2) is 10.2. The molecule has 1 aliphatic rings. The van der Waals surface area contributed by atoms with Crippen LogP contribution in [0, 0.1) is 0 Å². The molecule has 1 aliphatic heterocycles. The number of benzene rings is 1. The molecule has 0 spiro atoms. The van der Waals surface area contributed by atoms with Crippen molar-refractivity contribution >= 4 is 29.5 Å². The minimum Gasteiger partial charge on any atom is -0.295 e. The third-order valence-electron chi connectivity index (χ3n) is 4.38. The SMILES string of the molecule is CC/C=C\C1=C(C)C(=O)N(CCNSCCc2ccccc2C(C)=O)C1=O. The van der Waals surface area contributed by atoms with Crippen LogP contribution in [0.3, 0.4) is 0 Å². The van der Waals surface area contributed by atoms with Crippen LogP contribution in [0.15, 0.2) is 47.6 Å². The molecule has 0 aliphatic carbocycles. The fourth-order valence-corrected chi connectivity index (χ4v) is 3.60. The number of amides is 2. The maximum Gasteiger partial charge on any atom is 0.261 e. The Morgan fingerprint density at radius 3 is 2.67 bits per heavy atom. The normalized spacial score (nSPS) is 14.7. The number of imide groups is 1. The van der Waals surface area contributed by atoms with E-state index in [0.717, 1.165) is 29.7 Å². The Morgan fingerprint density at radius 1 is 1.22 bits per heavy atom. The van der Waals surface area contributed by atoms with Gasteiger partial charge in [0.05, 0.1) is 0 Å². The maximum atomic E-state index is 12.4. The lowest BCUT2D eigenvalue weighted by molar-refractivity contribution is -0.137. The molecule has 0 saturated carbocycles. The van der Waals surface area contributed by atoms with Crippen LogP contribution >= 0.6 is 11.9 Å². The van der Waals surface area contributed by atoms with Gasteiger partial charge in [-0.2, -0.15) is 0 Å². The van der Waals surface area contributed by atoms with Gasteiger partial charge in [-0.3, -0.25) is 24.0 Å². The zero-order chi connectivity index (χ0) is 19.8. The second-order valence-corrected chi connectivity index (χ2v) is 7.30. The Hall–Kier alpha value is -2.18. The largest absolute Gasteiger partial charge is 0.295 e. The summed E-state index contributed by atoms with van der Waals surface area (Å²) in [6.45, 7) is 6.13. The van der Waals surface area contributed by atoms with Crippen molar-refractivity contribution in [1.29, 1.82) is 0 Å². The number of carbonyl (C=O) groups excluding carboxylic acids is 3. The summed E-state index contributed by atoms with van der Waals surface area (Å²) in [6.07, 6.45) is 5.23. The second-order valence-electron chi connectivity index (χ2n) is 6.32. The molecule has 2 rings (SSSR count). The smallest absolute Gasteiger partial charge is 0.261 e. The van der Waals surface area contributed by atoms with Crippen molar-refractivity contribution in [2.24, 2.45) is 0 Å². The summed E-state index contributed by atoms with van der Waals surface area (Å²) >= 11 is 1.53. The number of nitrogens with zero attached hydrogens (tertiary/aromatic N) is 1. The Balaban J connectivity index is 1.75. The first-order chi connectivity index (χ1) is 13.0. The lowest BCUT2D eigenvalue weighted by Crippen LogP contribution is -2.36. The molecule has 5 nitrogen and oxygen atoms in total. The lowest BCUT2D eigenvalue weighted by Gasteiger charge is -2.15. The van der Waals surface area contributed by atoms with Crippen molar-refractivity contribution in [3.05, 3.63) is 58.7 Å². The predicted octanol–water partition coefficient (Wildman–Crippen LogP) is 3.32. The fraction of sp³-hybridized carbons (Fsp3) is 0.381. The Morgan fingerprint density at radius 2 is 1.96 bits per heavy atom. The molecule has 0 unspecified atom stereocenters. The highest BCUT2D eigenvalue weighted by atomic mass is 32.2. The molecular weight excluding hydrogens is 360 g/mol. The topological polar surface area (TPSA) is 66.5 Å². The fourth-order valence-electron chi connectivity index (χ4n) is 2.90. The number of Topliss-reactive ketones (excluding diaryl/α,β-unsaturated/α-hetero) is 1. The summed E-state index contributed by atoms with van der Waals surface area (Å²) in [4.78, 5) is 37.5. The third-order valence-corrected chi connectivity index (χ3v) is 5.19. The molecule has 0 saturated heterocycles. The molecule has 1 N–H and O–H groups in total. The van der Waals surface area contributed by atoms with Crippen LogP contribution in [0.4, 0.5) is 0 Å². The van der Waals surface area contributed by atoms with E-state index in [-0.39, 0.29) is 17.6 Å². The highest BCUT2D eigenvalue weighted by Crippen LogP contribution is 2.21. The summed E-state index contributed by atoms with van der Waals surface area (Å²) in [5.74, 6) is 0.446. The standard InChI is InChI=1S/C21H26N2O3S/c1-4-5-9-18-15(2)20(25)23(21(18)26)13-12-22-27-14-11-17-8-6-7-10-19(17)16(3)24/h5-10,22H,4,11-14H2,1-3H3/b9-5-. The van der Waals surface area contributed by atoms with E-state index >= 15 is 0 Å². The van der Waals surface area contributed by atoms with Crippen LogP contribution in [0.2, 0.25) is 0 Å². The summed E-state index contributed by atoms with van der Waals surface area (Å²) in [6, 6.07) is 7.62. The van der Waals surface area contributed by atoms with Gasteiger partial charge < -0.3 is 0 Å². The number of carbonyl (C=O) groups is 3. The summed E-state index contributed by atoms with van der Waals surface area (Å²) < 4.78 is 3.19. The first kappa shape index (κ1) is 21.1. The first-order valence-electron chi connectivity index (χ1n) is 9.14. The molecule has 1 heterocycles. The Labute approximate surface area is 165 Å². The number of hydrogen-bond acceptors (Lipinski definition) is 5. The van der Waals surface area contributed by atoms with E-state index in [9.17, 15) is 14.4 Å². The van der Waals surface area contributed by atoms with E-state index in [2.05, 4.69) is 4.72 Å². The molecule has 1 aromatic carbocycles. The van der Waals surface area contributed by atoms with Crippen molar-refractivity contribution < 1.29 is 14.4 Å². The van der Waals surface area contributed by atoms with Crippen LogP contribution in [-0.4, -0.2) is 41.3 Å². The Kier molecular flexibility index (Phi) is 8.00. The molecule has 6 heteroatoms. The van der Waals surface area contributed by atoms with Gasteiger partial charge >= 0.3 is 0 Å². The summed E-state index contributed by atoms with van der Waals surface area (Å²) in [5.41, 5.74) is 2.81. The van der Waals surface area contributed by atoms with Gasteiger partial charge in [0.1, 0.15) is 0 Å². The van der Waals surface area contributed by atoms with Crippen molar-refractivity contribution in [1.82, 2.24) is 9.62 Å². The lowest BCUT2D eigenvalue weighted by atomic mass is 10.0. The number of allylic oxidation sites excluding steroid dienone is 1. The number of rotatable bonds is 10. The molecule has 0 atom stereocenters. The van der Waals surface area contributed by atoms with E-state index in [1.807, 2.05) is 37.3 Å². The van der Waals surface area contributed by atoms with Crippen LogP contribution < -0.4 is 4.72 Å². The number of hydrogen-bond donors (Lipinski definition) is 1. The van der Waals surface area contributed by atoms with Crippen LogP contribution in [0.1, 0.15) is 43.1 Å². The highest BCUT2D eigenvalue weighted by Gasteiger charge is 2.33. The summed E-state index contributed by atoms with van der Waals surface area (Å²) in [5, 5.41) is 0. The zero-order valence-corrected chi connectivity index (χ0v) is 16.9. The van der Waals surface area contributed by atoms with Crippen molar-refractivity contribution in [3.8, 4) is 0 Å². The van der Waals surface area contributed by atoms with Gasteiger partial charge in [-0.15, -0.1) is 0 Å². The van der Waals surface area contributed by atoms with E-state index in [4.69, 9.17) is 0 Å². The van der Waals surface area contributed by atoms with Crippen molar-refractivity contribution in [2.45, 2.75) is 33.6 Å². The maximum absolute atomic E-state index is 12.4. The van der Waals surface area contributed by atoms with Gasteiger partial charge in [-0.1, -0.05) is 55.3 Å². The van der Waals surface area contributed by atoms with Gasteiger partial charge in [-0.25, -0.2) is 0 Å². The number of nitrogens with one attached hydrogen (secondary N) is 1. The van der Waals surface area contributed by atoms with E-state index in [1.54, 1.807) is 19.9 Å². The minimum atomic E-state index is -0.218. The third kappa shape index (κ3) is 5.40. The molecule has 0 radical (unpaired) electrons. The Bertz CT molecular complexity index is 783. The molecular formula is C21H26N2O3S. The van der Waals surface area contributed by atoms with Gasteiger partial charge in [0.2, 0.25) is 0 Å². The van der Waals surface area contributed by atoms with Gasteiger partial charge in [-0.05, 0) is 32.3 Å². The van der Waals surface area contributed by atoms with Crippen LogP contribution in [0.5, 0.6) is 0 Å². The first-order valence-corrected chi connectivity index (χ1v) is 10.1. The monoisotopic (exact) mass is 386 g/mol. The number of aryl methyl sites for hydroxylation is 1.